The van der Waals surface area contributed by atoms with Gasteiger partial charge in [-0.1, -0.05) is 0 Å². The minimum Gasteiger partial charge on any atom is -0.438 e. The molecule has 9 nitrogen and oxygen atoms in total. The van der Waals surface area contributed by atoms with E-state index in [4.69, 9.17) is 9.15 Å². The van der Waals surface area contributed by atoms with E-state index in [1.54, 1.807) is 25.6 Å². The van der Waals surface area contributed by atoms with Crippen LogP contribution in [0, 0.1) is 0 Å². The van der Waals surface area contributed by atoms with E-state index in [1.165, 1.54) is 0 Å². The van der Waals surface area contributed by atoms with Crippen molar-refractivity contribution in [1.82, 2.24) is 19.9 Å². The van der Waals surface area contributed by atoms with Gasteiger partial charge in [-0.05, 0) is 31.2 Å². The molecule has 1 N–H and O–H groups in total. The van der Waals surface area contributed by atoms with Gasteiger partial charge in [-0.15, -0.1) is 0 Å². The highest BCUT2D eigenvalue weighted by Gasteiger charge is 2.26. The predicted octanol–water partition coefficient (Wildman–Crippen LogP) is 1.91. The van der Waals surface area contributed by atoms with Crippen LogP contribution in [0.25, 0.3) is 11.1 Å². The molecule has 0 spiro atoms. The smallest absolute Gasteiger partial charge is 0.244 e. The van der Waals surface area contributed by atoms with Crippen molar-refractivity contribution in [2.45, 2.75) is 19.6 Å². The van der Waals surface area contributed by atoms with Gasteiger partial charge in [0.1, 0.15) is 18.2 Å². The molecule has 3 aromatic rings. The van der Waals surface area contributed by atoms with E-state index in [0.29, 0.717) is 37.1 Å². The molecule has 152 valence electrons. The Morgan fingerprint density at radius 2 is 2.00 bits per heavy atom. The number of anilines is 2. The third kappa shape index (κ3) is 4.29. The van der Waals surface area contributed by atoms with Crippen LogP contribution in [0.1, 0.15) is 12.8 Å². The molecule has 1 aliphatic rings. The summed E-state index contributed by atoms with van der Waals surface area (Å²) >= 11 is 0. The Balaban J connectivity index is 1.35. The van der Waals surface area contributed by atoms with Gasteiger partial charge in [-0.2, -0.15) is 0 Å². The Bertz CT molecular complexity index is 969. The molecule has 0 unspecified atom stereocenters. The number of ether oxygens (including phenoxy) is 1. The molecule has 1 aromatic carbocycles. The summed E-state index contributed by atoms with van der Waals surface area (Å²) in [5.74, 6) is 1.31. The topological polar surface area (TPSA) is 96.6 Å². The molecule has 1 amide bonds. The number of benzene rings is 1. The number of methoxy groups -OCH3 is 1. The average molecular weight is 396 g/mol. The fraction of sp³-hybridized carbons (Fsp3) is 0.400. The summed E-state index contributed by atoms with van der Waals surface area (Å²) in [7, 11) is 1.60. The highest BCUT2D eigenvalue weighted by molar-refractivity contribution is 5.85. The third-order valence-electron chi connectivity index (χ3n) is 4.88. The maximum atomic E-state index is 12.9. The van der Waals surface area contributed by atoms with E-state index in [0.717, 1.165) is 24.3 Å². The lowest BCUT2D eigenvalue weighted by molar-refractivity contribution is -0.131. The molecule has 1 fully saturated rings. The number of hydrogen-bond acceptors (Lipinski definition) is 8. The number of piperazine rings is 1. The van der Waals surface area contributed by atoms with E-state index in [1.807, 2.05) is 30.0 Å². The van der Waals surface area contributed by atoms with Gasteiger partial charge in [-0.3, -0.25) is 4.79 Å². The van der Waals surface area contributed by atoms with Crippen molar-refractivity contribution in [2.24, 2.45) is 0 Å². The van der Waals surface area contributed by atoms with Crippen LogP contribution in [0.15, 0.2) is 41.1 Å². The maximum absolute atomic E-state index is 12.9. The van der Waals surface area contributed by atoms with Crippen LogP contribution >= 0.6 is 0 Å². The molecule has 4 rings (SSSR count). The van der Waals surface area contributed by atoms with Gasteiger partial charge in [0.2, 0.25) is 17.7 Å². The number of hydrogen-bond donors (Lipinski definition) is 1. The summed E-state index contributed by atoms with van der Waals surface area (Å²) in [5, 5.41) is 3.27. The lowest BCUT2D eigenvalue weighted by Gasteiger charge is -2.36. The number of carbonyl (C=O) groups is 1. The third-order valence-corrected chi connectivity index (χ3v) is 4.88. The van der Waals surface area contributed by atoms with Crippen LogP contribution in [-0.2, 0) is 16.1 Å². The van der Waals surface area contributed by atoms with E-state index in [9.17, 15) is 4.79 Å². The van der Waals surface area contributed by atoms with Crippen molar-refractivity contribution >= 4 is 28.6 Å². The molecule has 0 aliphatic carbocycles. The predicted molar refractivity (Wildman–Crippen MR) is 109 cm³/mol. The van der Waals surface area contributed by atoms with Crippen molar-refractivity contribution in [3.63, 3.8) is 0 Å². The molecule has 9 heteroatoms. The van der Waals surface area contributed by atoms with Gasteiger partial charge in [0.05, 0.1) is 0 Å². The van der Waals surface area contributed by atoms with Crippen LogP contribution in [0.5, 0.6) is 0 Å². The number of fused-ring (bicyclic) bond motifs is 1. The molecule has 0 saturated carbocycles. The summed E-state index contributed by atoms with van der Waals surface area (Å²) in [6, 6.07) is 7.06. The molecular weight excluding hydrogens is 372 g/mol. The van der Waals surface area contributed by atoms with Gasteiger partial charge >= 0.3 is 0 Å². The second-order valence-corrected chi connectivity index (χ2v) is 6.95. The SMILES string of the molecule is COCc1nc2cc(N[C@H](C)C(=O)N3CCN(c4ncccn4)CC3)ccc2o1. The average Bonchev–Trinajstić information content (AvgIpc) is 3.16. The van der Waals surface area contributed by atoms with Crippen molar-refractivity contribution in [1.29, 1.82) is 0 Å². The molecular formula is C20H24N6O3. The Labute approximate surface area is 168 Å². The molecule has 1 aliphatic heterocycles. The Hall–Kier alpha value is -3.20. The Morgan fingerprint density at radius 1 is 1.24 bits per heavy atom. The van der Waals surface area contributed by atoms with Crippen molar-refractivity contribution in [2.75, 3.05) is 43.5 Å². The number of carbonyl (C=O) groups excluding carboxylic acids is 1. The second-order valence-electron chi connectivity index (χ2n) is 6.95. The first kappa shape index (κ1) is 19.1. The van der Waals surface area contributed by atoms with Crippen molar-refractivity contribution in [3.05, 3.63) is 42.5 Å². The molecule has 29 heavy (non-hydrogen) atoms. The summed E-state index contributed by atoms with van der Waals surface area (Å²) in [6.07, 6.45) is 3.46. The van der Waals surface area contributed by atoms with Crippen LogP contribution in [0.4, 0.5) is 11.6 Å². The van der Waals surface area contributed by atoms with Gasteiger partial charge in [0, 0.05) is 51.4 Å². The number of amides is 1. The normalized spacial score (nSPS) is 15.5. The molecule has 0 bridgehead atoms. The minimum atomic E-state index is -0.350. The Morgan fingerprint density at radius 3 is 2.72 bits per heavy atom. The largest absolute Gasteiger partial charge is 0.438 e. The van der Waals surface area contributed by atoms with E-state index in [-0.39, 0.29) is 11.9 Å². The monoisotopic (exact) mass is 396 g/mol. The summed E-state index contributed by atoms with van der Waals surface area (Å²) in [6.45, 7) is 4.92. The zero-order valence-corrected chi connectivity index (χ0v) is 16.5. The minimum absolute atomic E-state index is 0.0685. The number of rotatable bonds is 6. The fourth-order valence-corrected chi connectivity index (χ4v) is 3.42. The first-order valence-corrected chi connectivity index (χ1v) is 9.60. The van der Waals surface area contributed by atoms with Crippen LogP contribution in [0.3, 0.4) is 0 Å². The standard InChI is InChI=1S/C20H24N6O3/c1-14(23-15-4-5-17-16(12-15)24-18(29-17)13-28-2)19(27)25-8-10-26(11-9-25)20-21-6-3-7-22-20/h3-7,12,14,23H,8-11,13H2,1-2H3/t14-/m1/s1. The zero-order valence-electron chi connectivity index (χ0n) is 16.5. The van der Waals surface area contributed by atoms with Gasteiger partial charge in [-0.25, -0.2) is 15.0 Å². The first-order chi connectivity index (χ1) is 14.1. The lowest BCUT2D eigenvalue weighted by atomic mass is 10.2. The van der Waals surface area contributed by atoms with E-state index >= 15 is 0 Å². The molecule has 1 atom stereocenters. The maximum Gasteiger partial charge on any atom is 0.244 e. The molecule has 2 aromatic heterocycles. The fourth-order valence-electron chi connectivity index (χ4n) is 3.42. The number of nitrogens with one attached hydrogen (secondary N) is 1. The van der Waals surface area contributed by atoms with Gasteiger partial charge < -0.3 is 24.3 Å². The van der Waals surface area contributed by atoms with Crippen molar-refractivity contribution < 1.29 is 13.9 Å². The quantitative estimate of drug-likeness (QED) is 0.675. The molecule has 1 saturated heterocycles. The first-order valence-electron chi connectivity index (χ1n) is 9.60. The lowest BCUT2D eigenvalue weighted by Crippen LogP contribution is -2.52. The van der Waals surface area contributed by atoms with Crippen LogP contribution in [0.2, 0.25) is 0 Å². The van der Waals surface area contributed by atoms with E-state index in [2.05, 4.69) is 25.2 Å². The van der Waals surface area contributed by atoms with E-state index < -0.39 is 0 Å². The Kier molecular flexibility index (Phi) is 5.57. The van der Waals surface area contributed by atoms with Crippen molar-refractivity contribution in [3.8, 4) is 0 Å². The zero-order chi connectivity index (χ0) is 20.2. The number of aromatic nitrogens is 3. The highest BCUT2D eigenvalue weighted by Crippen LogP contribution is 2.21. The molecule has 0 radical (unpaired) electrons. The summed E-state index contributed by atoms with van der Waals surface area (Å²) in [4.78, 5) is 29.8. The second kappa shape index (κ2) is 8.44. The number of nitrogens with zero attached hydrogens (tertiary/aromatic N) is 5. The van der Waals surface area contributed by atoms with Gasteiger partial charge in [0.25, 0.3) is 0 Å². The van der Waals surface area contributed by atoms with Gasteiger partial charge in [0.15, 0.2) is 5.58 Å². The highest BCUT2D eigenvalue weighted by atomic mass is 16.5. The van der Waals surface area contributed by atoms with Crippen LogP contribution in [-0.4, -0.2) is 65.1 Å². The summed E-state index contributed by atoms with van der Waals surface area (Å²) < 4.78 is 10.7. The number of oxazole rings is 1. The summed E-state index contributed by atoms with van der Waals surface area (Å²) in [5.41, 5.74) is 2.26. The molecule has 3 heterocycles. The van der Waals surface area contributed by atoms with Crippen LogP contribution < -0.4 is 10.2 Å².